The van der Waals surface area contributed by atoms with Gasteiger partial charge >= 0.3 is 0 Å². The van der Waals surface area contributed by atoms with Gasteiger partial charge in [0.15, 0.2) is 0 Å². The van der Waals surface area contributed by atoms with E-state index in [2.05, 4.69) is 11.9 Å². The molecular formula is C13H20N2O. The smallest absolute Gasteiger partial charge is 0.128 e. The van der Waals surface area contributed by atoms with Crippen LogP contribution >= 0.6 is 0 Å². The predicted molar refractivity (Wildman–Crippen MR) is 64.9 cm³/mol. The molecule has 0 aromatic carbocycles. The number of hydrogen-bond donors (Lipinski definition) is 1. The van der Waals surface area contributed by atoms with Crippen molar-refractivity contribution in [1.82, 2.24) is 4.98 Å². The molecule has 1 aromatic rings. The minimum absolute atomic E-state index is 0.413. The van der Waals surface area contributed by atoms with E-state index in [0.717, 1.165) is 11.5 Å². The van der Waals surface area contributed by atoms with Gasteiger partial charge in [0.1, 0.15) is 5.82 Å². The monoisotopic (exact) mass is 220 g/mol. The topological polar surface area (TPSA) is 48.1 Å². The van der Waals surface area contributed by atoms with Gasteiger partial charge in [0, 0.05) is 11.8 Å². The van der Waals surface area contributed by atoms with Gasteiger partial charge < -0.3 is 10.5 Å². The van der Waals surface area contributed by atoms with Gasteiger partial charge in [0.25, 0.3) is 0 Å². The standard InChI is InChI=1S/C13H20N2O/c1-10-4-6-12(7-5-10)16-9-11-3-2-8-15-13(11)14/h2-3,8,10,12H,4-7,9H2,1H3,(H2,14,15). The summed E-state index contributed by atoms with van der Waals surface area (Å²) in [6.45, 7) is 2.91. The van der Waals surface area contributed by atoms with Crippen LogP contribution in [0.5, 0.6) is 0 Å². The van der Waals surface area contributed by atoms with E-state index in [-0.39, 0.29) is 0 Å². The molecule has 1 fully saturated rings. The van der Waals surface area contributed by atoms with Crippen LogP contribution in [0.2, 0.25) is 0 Å². The maximum atomic E-state index is 5.88. The number of nitrogens with two attached hydrogens (primary N) is 1. The highest BCUT2D eigenvalue weighted by Crippen LogP contribution is 2.26. The molecule has 1 aromatic heterocycles. The van der Waals surface area contributed by atoms with Gasteiger partial charge in [-0.15, -0.1) is 0 Å². The summed E-state index contributed by atoms with van der Waals surface area (Å²) in [5.41, 5.74) is 6.77. The maximum Gasteiger partial charge on any atom is 0.128 e. The number of aromatic nitrogens is 1. The second-order valence-electron chi connectivity index (χ2n) is 4.74. The summed E-state index contributed by atoms with van der Waals surface area (Å²) < 4.78 is 5.88. The summed E-state index contributed by atoms with van der Waals surface area (Å²) in [6, 6.07) is 3.88. The van der Waals surface area contributed by atoms with Crippen LogP contribution in [-0.4, -0.2) is 11.1 Å². The highest BCUT2D eigenvalue weighted by atomic mass is 16.5. The Bertz CT molecular complexity index is 332. The number of ether oxygens (including phenoxy) is 1. The van der Waals surface area contributed by atoms with Crippen LogP contribution in [0, 0.1) is 5.92 Å². The predicted octanol–water partition coefficient (Wildman–Crippen LogP) is 2.76. The Labute approximate surface area is 97.0 Å². The van der Waals surface area contributed by atoms with E-state index in [0.29, 0.717) is 18.5 Å². The molecular weight excluding hydrogens is 200 g/mol. The molecule has 1 heterocycles. The van der Waals surface area contributed by atoms with Gasteiger partial charge in [-0.3, -0.25) is 0 Å². The van der Waals surface area contributed by atoms with Crippen LogP contribution in [0.4, 0.5) is 5.82 Å². The van der Waals surface area contributed by atoms with Crippen LogP contribution in [0.15, 0.2) is 18.3 Å². The molecule has 0 radical (unpaired) electrons. The molecule has 16 heavy (non-hydrogen) atoms. The van der Waals surface area contributed by atoms with E-state index < -0.39 is 0 Å². The molecule has 1 saturated carbocycles. The summed E-state index contributed by atoms with van der Waals surface area (Å²) in [6.07, 6.45) is 7.06. The van der Waals surface area contributed by atoms with Gasteiger partial charge in [-0.25, -0.2) is 4.98 Å². The first kappa shape index (κ1) is 11.4. The summed E-state index contributed by atoms with van der Waals surface area (Å²) in [4.78, 5) is 4.05. The highest BCUT2D eigenvalue weighted by molar-refractivity contribution is 5.37. The van der Waals surface area contributed by atoms with Crippen LogP contribution in [0.3, 0.4) is 0 Å². The van der Waals surface area contributed by atoms with E-state index in [4.69, 9.17) is 10.5 Å². The quantitative estimate of drug-likeness (QED) is 0.852. The first-order chi connectivity index (χ1) is 7.75. The number of anilines is 1. The lowest BCUT2D eigenvalue weighted by atomic mass is 9.89. The lowest BCUT2D eigenvalue weighted by Crippen LogP contribution is -2.20. The molecule has 0 unspecified atom stereocenters. The summed E-state index contributed by atoms with van der Waals surface area (Å²) in [7, 11) is 0. The van der Waals surface area contributed by atoms with Crippen LogP contribution in [-0.2, 0) is 11.3 Å². The molecule has 0 atom stereocenters. The van der Waals surface area contributed by atoms with Crippen molar-refractivity contribution >= 4 is 5.82 Å². The molecule has 1 aliphatic carbocycles. The van der Waals surface area contributed by atoms with Crippen molar-refractivity contribution in [2.45, 2.75) is 45.3 Å². The van der Waals surface area contributed by atoms with Crippen molar-refractivity contribution in [3.8, 4) is 0 Å². The Morgan fingerprint density at radius 3 is 2.81 bits per heavy atom. The SMILES string of the molecule is CC1CCC(OCc2cccnc2N)CC1. The largest absolute Gasteiger partial charge is 0.383 e. The molecule has 2 N–H and O–H groups in total. The van der Waals surface area contributed by atoms with Crippen molar-refractivity contribution < 1.29 is 4.74 Å². The van der Waals surface area contributed by atoms with Crippen LogP contribution < -0.4 is 5.73 Å². The van der Waals surface area contributed by atoms with Gasteiger partial charge in [-0.05, 0) is 37.7 Å². The number of hydrogen-bond acceptors (Lipinski definition) is 3. The Morgan fingerprint density at radius 2 is 2.12 bits per heavy atom. The zero-order valence-corrected chi connectivity index (χ0v) is 9.86. The van der Waals surface area contributed by atoms with Gasteiger partial charge in [0.2, 0.25) is 0 Å². The van der Waals surface area contributed by atoms with Crippen molar-refractivity contribution in [1.29, 1.82) is 0 Å². The van der Waals surface area contributed by atoms with Gasteiger partial charge in [-0.1, -0.05) is 13.0 Å². The first-order valence-electron chi connectivity index (χ1n) is 6.06. The molecule has 2 rings (SSSR count). The summed E-state index contributed by atoms with van der Waals surface area (Å²) in [5, 5.41) is 0. The molecule has 0 aliphatic heterocycles. The average Bonchev–Trinajstić information content (AvgIpc) is 2.30. The highest BCUT2D eigenvalue weighted by Gasteiger charge is 2.18. The Morgan fingerprint density at radius 1 is 1.38 bits per heavy atom. The van der Waals surface area contributed by atoms with Crippen molar-refractivity contribution in [3.63, 3.8) is 0 Å². The summed E-state index contributed by atoms with van der Waals surface area (Å²) >= 11 is 0. The molecule has 0 saturated heterocycles. The molecule has 3 heteroatoms. The molecule has 0 bridgehead atoms. The lowest BCUT2D eigenvalue weighted by Gasteiger charge is -2.26. The number of pyridine rings is 1. The molecule has 0 amide bonds. The van der Waals surface area contributed by atoms with E-state index in [9.17, 15) is 0 Å². The second kappa shape index (κ2) is 5.30. The van der Waals surface area contributed by atoms with E-state index in [1.54, 1.807) is 6.20 Å². The average molecular weight is 220 g/mol. The third-order valence-electron chi connectivity index (χ3n) is 3.36. The minimum atomic E-state index is 0.413. The Kier molecular flexibility index (Phi) is 3.78. The van der Waals surface area contributed by atoms with Crippen LogP contribution in [0.25, 0.3) is 0 Å². The van der Waals surface area contributed by atoms with Gasteiger partial charge in [-0.2, -0.15) is 0 Å². The molecule has 1 aliphatic rings. The molecule has 88 valence electrons. The number of rotatable bonds is 3. The normalized spacial score (nSPS) is 25.6. The Hall–Kier alpha value is -1.09. The van der Waals surface area contributed by atoms with E-state index in [1.165, 1.54) is 25.7 Å². The fraction of sp³-hybridized carbons (Fsp3) is 0.615. The van der Waals surface area contributed by atoms with E-state index >= 15 is 0 Å². The number of nitrogens with zero attached hydrogens (tertiary/aromatic N) is 1. The number of nitrogen functional groups attached to an aromatic ring is 1. The molecule has 3 nitrogen and oxygen atoms in total. The zero-order chi connectivity index (χ0) is 11.4. The van der Waals surface area contributed by atoms with Crippen molar-refractivity contribution in [2.75, 3.05) is 5.73 Å². The van der Waals surface area contributed by atoms with E-state index in [1.807, 2.05) is 12.1 Å². The minimum Gasteiger partial charge on any atom is -0.383 e. The third-order valence-corrected chi connectivity index (χ3v) is 3.36. The summed E-state index contributed by atoms with van der Waals surface area (Å²) in [5.74, 6) is 1.45. The maximum absolute atomic E-state index is 5.88. The first-order valence-corrected chi connectivity index (χ1v) is 6.06. The van der Waals surface area contributed by atoms with Crippen LogP contribution in [0.1, 0.15) is 38.2 Å². The Balaban J connectivity index is 1.81. The lowest BCUT2D eigenvalue weighted by molar-refractivity contribution is 0.00894. The molecule has 0 spiro atoms. The zero-order valence-electron chi connectivity index (χ0n) is 9.86. The van der Waals surface area contributed by atoms with Crippen molar-refractivity contribution in [3.05, 3.63) is 23.9 Å². The van der Waals surface area contributed by atoms with Crippen molar-refractivity contribution in [2.24, 2.45) is 5.92 Å². The third kappa shape index (κ3) is 2.95. The van der Waals surface area contributed by atoms with Gasteiger partial charge in [0.05, 0.1) is 12.7 Å². The fourth-order valence-electron chi connectivity index (χ4n) is 2.18. The fourth-order valence-corrected chi connectivity index (χ4v) is 2.18. The second-order valence-corrected chi connectivity index (χ2v) is 4.74.